The average Bonchev–Trinajstić information content (AvgIpc) is 2.94. The van der Waals surface area contributed by atoms with Gasteiger partial charge in [0.15, 0.2) is 17.5 Å². The predicted octanol–water partition coefficient (Wildman–Crippen LogP) is 5.15. The molecular weight excluding hydrogens is 503 g/mol. The van der Waals surface area contributed by atoms with E-state index in [4.69, 9.17) is 11.6 Å². The zero-order valence-electron chi connectivity index (χ0n) is 19.2. The number of rotatable bonds is 6. The summed E-state index contributed by atoms with van der Waals surface area (Å²) in [7, 11) is 0. The van der Waals surface area contributed by atoms with Gasteiger partial charge in [-0.25, -0.2) is 13.2 Å². The smallest absolute Gasteiger partial charge is 0.255 e. The Balaban J connectivity index is 1.48. The molecule has 4 unspecified atom stereocenters. The van der Waals surface area contributed by atoms with E-state index in [1.165, 1.54) is 31.7 Å². The third kappa shape index (κ3) is 5.06. The van der Waals surface area contributed by atoms with Crippen LogP contribution in [0, 0.1) is 29.3 Å². The van der Waals surface area contributed by atoms with Gasteiger partial charge in [0.25, 0.3) is 5.91 Å². The summed E-state index contributed by atoms with van der Waals surface area (Å²) in [5.74, 6) is -5.44. The number of carbonyl (C=O) groups is 1. The monoisotopic (exact) mass is 529 g/mol. The maximum Gasteiger partial charge on any atom is 0.255 e. The van der Waals surface area contributed by atoms with E-state index in [1.807, 2.05) is 0 Å². The first-order valence-corrected chi connectivity index (χ1v) is 12.6. The minimum Gasteiger partial charge on any atom is -0.388 e. The number of fused-ring (bicyclic) bond motifs is 2. The average molecular weight is 530 g/mol. The van der Waals surface area contributed by atoms with Crippen molar-refractivity contribution in [2.24, 2.45) is 11.8 Å². The van der Waals surface area contributed by atoms with E-state index in [-0.39, 0.29) is 28.3 Å². The fraction of sp³-hybridized carbons (Fsp3) is 0.480. The van der Waals surface area contributed by atoms with Gasteiger partial charge in [0.1, 0.15) is 6.10 Å². The van der Waals surface area contributed by atoms with Crippen LogP contribution in [0.2, 0.25) is 5.02 Å². The minimum absolute atomic E-state index is 0.0675. The van der Waals surface area contributed by atoms with Gasteiger partial charge in [-0.1, -0.05) is 11.6 Å². The van der Waals surface area contributed by atoms with Crippen molar-refractivity contribution < 1.29 is 33.3 Å². The van der Waals surface area contributed by atoms with Crippen molar-refractivity contribution in [1.29, 1.82) is 0 Å². The number of halogens is 4. The molecule has 5 nitrogen and oxygen atoms in total. The Kier molecular flexibility index (Phi) is 7.20. The molecule has 4 N–H and O–H groups in total. The van der Waals surface area contributed by atoms with Crippen LogP contribution in [0.3, 0.4) is 0 Å². The maximum absolute atomic E-state index is 13.5. The van der Waals surface area contributed by atoms with Crippen molar-refractivity contribution in [3.63, 3.8) is 0 Å². The first-order valence-electron chi connectivity index (χ1n) is 11.4. The number of benzene rings is 2. The topological polar surface area (TPSA) is 89.8 Å². The van der Waals surface area contributed by atoms with Crippen molar-refractivity contribution in [1.82, 2.24) is 0 Å². The second-order valence-electron chi connectivity index (χ2n) is 9.98. The Morgan fingerprint density at radius 3 is 2.26 bits per heavy atom. The fourth-order valence-electron chi connectivity index (χ4n) is 5.40. The molecule has 2 bridgehead atoms. The summed E-state index contributed by atoms with van der Waals surface area (Å²) in [6, 6.07) is 6.00. The molecule has 2 aromatic carbocycles. The van der Waals surface area contributed by atoms with Crippen LogP contribution in [0.1, 0.15) is 49.9 Å². The largest absolute Gasteiger partial charge is 0.388 e. The van der Waals surface area contributed by atoms with Gasteiger partial charge in [0.2, 0.25) is 0 Å². The van der Waals surface area contributed by atoms with E-state index in [1.54, 1.807) is 12.1 Å². The van der Waals surface area contributed by atoms with Gasteiger partial charge in [0, 0.05) is 33.5 Å². The molecule has 190 valence electrons. The van der Waals surface area contributed by atoms with Crippen molar-refractivity contribution in [2.75, 3.05) is 5.32 Å². The SMILES string of the molecule is CC(C)(O)C(O)C1(O)C2CC[C@H]1CC(Sc1cc(C(=O)Nc3cc(F)c(F)c(F)c3)ccc1Cl)C2. The molecule has 0 radical (unpaired) electrons. The van der Waals surface area contributed by atoms with Crippen molar-refractivity contribution in [3.05, 3.63) is 58.4 Å². The van der Waals surface area contributed by atoms with Crippen molar-refractivity contribution >= 4 is 35.0 Å². The third-order valence-electron chi connectivity index (χ3n) is 7.10. The molecule has 4 rings (SSSR count). The lowest BCUT2D eigenvalue weighted by atomic mass is 9.68. The van der Waals surface area contributed by atoms with Gasteiger partial charge >= 0.3 is 0 Å². The first-order chi connectivity index (χ1) is 16.3. The van der Waals surface area contributed by atoms with E-state index in [9.17, 15) is 33.3 Å². The highest BCUT2D eigenvalue weighted by molar-refractivity contribution is 8.00. The Morgan fingerprint density at radius 1 is 1.14 bits per heavy atom. The molecule has 0 aromatic heterocycles. The molecule has 10 heteroatoms. The highest BCUT2D eigenvalue weighted by Gasteiger charge is 2.60. The van der Waals surface area contributed by atoms with Gasteiger partial charge in [-0.15, -0.1) is 11.8 Å². The van der Waals surface area contributed by atoms with E-state index in [0.29, 0.717) is 34.9 Å². The number of carbonyl (C=O) groups excluding carboxylic acids is 1. The Morgan fingerprint density at radius 2 is 1.71 bits per heavy atom. The molecule has 1 amide bonds. The quantitative estimate of drug-likeness (QED) is 0.388. The molecule has 2 aliphatic rings. The van der Waals surface area contributed by atoms with Crippen molar-refractivity contribution in [3.8, 4) is 0 Å². The van der Waals surface area contributed by atoms with E-state index >= 15 is 0 Å². The highest BCUT2D eigenvalue weighted by Crippen LogP contribution is 2.56. The molecule has 0 aliphatic heterocycles. The van der Waals surface area contributed by atoms with Crippen LogP contribution in [0.5, 0.6) is 0 Å². The van der Waals surface area contributed by atoms with E-state index in [2.05, 4.69) is 5.32 Å². The Hall–Kier alpha value is -1.78. The van der Waals surface area contributed by atoms with Gasteiger partial charge in [0.05, 0.1) is 16.2 Å². The number of aliphatic hydroxyl groups excluding tert-OH is 1. The summed E-state index contributed by atoms with van der Waals surface area (Å²) in [6.07, 6.45) is 1.42. The number of aliphatic hydroxyl groups is 3. The zero-order chi connectivity index (χ0) is 25.7. The molecule has 0 heterocycles. The standard InChI is InChI=1S/C25H27ClF3NO4S/c1-24(2,33)23(32)25(34)13-4-5-14(25)9-16(8-13)35-20-7-12(3-6-17(20)26)22(31)30-15-10-18(27)21(29)19(28)11-15/h3,6-7,10-11,13-14,16,23,32-34H,4-5,8-9H2,1-2H3,(H,30,31)/t13-,14?,16?,23?,25?/m0/s1. The lowest BCUT2D eigenvalue weighted by Crippen LogP contribution is -2.61. The summed E-state index contributed by atoms with van der Waals surface area (Å²) >= 11 is 7.84. The molecule has 2 saturated carbocycles. The summed E-state index contributed by atoms with van der Waals surface area (Å²) in [4.78, 5) is 13.3. The van der Waals surface area contributed by atoms with Crippen LogP contribution in [-0.4, -0.2) is 43.8 Å². The van der Waals surface area contributed by atoms with Crippen LogP contribution >= 0.6 is 23.4 Å². The van der Waals surface area contributed by atoms with Crippen LogP contribution < -0.4 is 5.32 Å². The maximum atomic E-state index is 13.5. The van der Waals surface area contributed by atoms with Gasteiger partial charge in [-0.2, -0.15) is 0 Å². The highest BCUT2D eigenvalue weighted by atomic mass is 35.5. The molecule has 5 atom stereocenters. The lowest BCUT2D eigenvalue weighted by molar-refractivity contribution is -0.200. The molecule has 2 aliphatic carbocycles. The minimum atomic E-state index is -1.61. The van der Waals surface area contributed by atoms with Crippen LogP contribution in [-0.2, 0) is 0 Å². The number of nitrogens with one attached hydrogen (secondary N) is 1. The summed E-state index contributed by atoms with van der Waals surface area (Å²) < 4.78 is 40.1. The molecule has 0 spiro atoms. The molecule has 0 saturated heterocycles. The fourth-order valence-corrected chi connectivity index (χ4v) is 7.04. The number of hydrogen-bond acceptors (Lipinski definition) is 5. The summed E-state index contributed by atoms with van der Waals surface area (Å²) in [6.45, 7) is 2.97. The molecular formula is C25H27ClF3NO4S. The molecule has 35 heavy (non-hydrogen) atoms. The van der Waals surface area contributed by atoms with Gasteiger partial charge in [-0.3, -0.25) is 4.79 Å². The van der Waals surface area contributed by atoms with E-state index in [0.717, 1.165) is 12.8 Å². The van der Waals surface area contributed by atoms with Crippen LogP contribution in [0.4, 0.5) is 18.9 Å². The second kappa shape index (κ2) is 9.59. The number of thioether (sulfide) groups is 1. The predicted molar refractivity (Wildman–Crippen MR) is 128 cm³/mol. The lowest BCUT2D eigenvalue weighted by Gasteiger charge is -2.48. The van der Waals surface area contributed by atoms with Crippen LogP contribution in [0.25, 0.3) is 0 Å². The normalized spacial score (nSPS) is 27.1. The van der Waals surface area contributed by atoms with Crippen molar-refractivity contribution in [2.45, 2.75) is 67.0 Å². The summed E-state index contributed by atoms with van der Waals surface area (Å²) in [5, 5.41) is 35.2. The third-order valence-corrected chi connectivity index (χ3v) is 8.85. The van der Waals surface area contributed by atoms with Crippen LogP contribution in [0.15, 0.2) is 35.2 Å². The van der Waals surface area contributed by atoms with E-state index < -0.39 is 40.7 Å². The zero-order valence-corrected chi connectivity index (χ0v) is 20.8. The molecule has 2 fully saturated rings. The number of hydrogen-bond donors (Lipinski definition) is 4. The number of amides is 1. The van der Waals surface area contributed by atoms with Gasteiger partial charge < -0.3 is 20.6 Å². The Bertz CT molecular complexity index is 1110. The summed E-state index contributed by atoms with van der Waals surface area (Å²) in [5.41, 5.74) is -2.81. The van der Waals surface area contributed by atoms with Gasteiger partial charge in [-0.05, 0) is 69.6 Å². The number of anilines is 1. The Labute approximate surface area is 210 Å². The molecule has 2 aromatic rings. The first kappa shape index (κ1) is 26.3. The second-order valence-corrected chi connectivity index (χ2v) is 11.7.